The molecule has 7 nitrogen and oxygen atoms in total. The first-order valence-electron chi connectivity index (χ1n) is 13.2. The molecule has 0 bridgehead atoms. The number of carbonyl (C=O) groups is 2. The molecule has 2 aliphatic rings. The summed E-state index contributed by atoms with van der Waals surface area (Å²) in [5.74, 6) is -0.867. The molecule has 0 aliphatic carbocycles. The van der Waals surface area contributed by atoms with Gasteiger partial charge < -0.3 is 20.6 Å². The number of amides is 2. The molecule has 200 valence electrons. The molecule has 2 aliphatic heterocycles. The van der Waals surface area contributed by atoms with Crippen LogP contribution in [0.25, 0.3) is 0 Å². The summed E-state index contributed by atoms with van der Waals surface area (Å²) < 4.78 is 13.8. The van der Waals surface area contributed by atoms with E-state index in [1.807, 2.05) is 17.2 Å². The van der Waals surface area contributed by atoms with Gasteiger partial charge >= 0.3 is 0 Å². The molecular weight excluding hydrogens is 503 g/mol. The first-order valence-corrected chi connectivity index (χ1v) is 14.1. The molecule has 3 N–H and O–H groups in total. The minimum absolute atomic E-state index is 0.0524. The van der Waals surface area contributed by atoms with Gasteiger partial charge in [-0.05, 0) is 81.5 Å². The van der Waals surface area contributed by atoms with Gasteiger partial charge in [-0.3, -0.25) is 9.59 Å². The van der Waals surface area contributed by atoms with Gasteiger partial charge in [-0.1, -0.05) is 18.2 Å². The average Bonchev–Trinajstić information content (AvgIpc) is 3.69. The number of nitrogens with one attached hydrogen (secondary N) is 2. The number of aliphatic hydroxyl groups is 1. The monoisotopic (exact) mass is 536 g/mol. The van der Waals surface area contributed by atoms with Crippen molar-refractivity contribution in [3.63, 3.8) is 0 Å². The molecule has 5 rings (SSSR count). The molecular formula is C29H33FN4O3S. The fraction of sp³-hybridized carbons (Fsp3) is 0.414. The molecule has 2 aromatic carbocycles. The highest BCUT2D eigenvalue weighted by Gasteiger charge is 2.34. The van der Waals surface area contributed by atoms with Gasteiger partial charge in [0.15, 0.2) is 0 Å². The number of nitrogens with zero attached hydrogens (tertiary/aromatic N) is 2. The standard InChI is InChI=1S/C29H33FN4O3S/c1-18-17-38-28(32-18)25-11-5-13-34(25)29(37)21-8-3-7-20(16-21)27(36)33-24(26(35)23-10-4-12-31-23)15-19-6-2-9-22(30)14-19/h2-3,6-9,14,16-17,23-26,31,35H,4-5,10-13,15H2,1H3,(H,33,36)/t23?,24-,25?,26+/m0/s1. The number of carbonyl (C=O) groups excluding carboxylic acids is 2. The number of rotatable bonds is 8. The summed E-state index contributed by atoms with van der Waals surface area (Å²) in [6, 6.07) is 12.1. The zero-order chi connectivity index (χ0) is 26.6. The maximum Gasteiger partial charge on any atom is 0.254 e. The van der Waals surface area contributed by atoms with E-state index in [1.165, 1.54) is 12.1 Å². The van der Waals surface area contributed by atoms with Crippen LogP contribution in [0.3, 0.4) is 0 Å². The molecule has 38 heavy (non-hydrogen) atoms. The molecule has 3 heterocycles. The lowest BCUT2D eigenvalue weighted by Gasteiger charge is -2.29. The van der Waals surface area contributed by atoms with E-state index < -0.39 is 12.1 Å². The number of thiazole rings is 1. The summed E-state index contributed by atoms with van der Waals surface area (Å²) >= 11 is 1.57. The Kier molecular flexibility index (Phi) is 8.16. The maximum atomic E-state index is 13.8. The molecule has 3 aromatic rings. The largest absolute Gasteiger partial charge is 0.389 e. The lowest BCUT2D eigenvalue weighted by molar-refractivity contribution is 0.0733. The van der Waals surface area contributed by atoms with Crippen molar-refractivity contribution in [3.05, 3.63) is 87.1 Å². The Balaban J connectivity index is 1.33. The Morgan fingerprint density at radius 1 is 1.18 bits per heavy atom. The van der Waals surface area contributed by atoms with E-state index in [9.17, 15) is 19.1 Å². The SMILES string of the molecule is Cc1csc(C2CCCN2C(=O)c2cccc(C(=O)N[C@@H](Cc3cccc(F)c3)[C@H](O)C3CCCN3)c2)n1. The first kappa shape index (κ1) is 26.5. The summed E-state index contributed by atoms with van der Waals surface area (Å²) in [6.45, 7) is 3.41. The number of aliphatic hydroxyl groups excluding tert-OH is 1. The normalized spacial score (nSPS) is 20.9. The third-order valence-corrected chi connectivity index (χ3v) is 8.46. The van der Waals surface area contributed by atoms with E-state index in [0.717, 1.165) is 42.9 Å². The van der Waals surface area contributed by atoms with E-state index in [1.54, 1.807) is 47.7 Å². The van der Waals surface area contributed by atoms with Gasteiger partial charge in [-0.2, -0.15) is 0 Å². The summed E-state index contributed by atoms with van der Waals surface area (Å²) in [5.41, 5.74) is 2.42. The number of hydrogen-bond donors (Lipinski definition) is 3. The Labute approximate surface area is 226 Å². The van der Waals surface area contributed by atoms with Crippen molar-refractivity contribution in [2.75, 3.05) is 13.1 Å². The van der Waals surface area contributed by atoms with Crippen molar-refractivity contribution in [2.45, 2.75) is 63.3 Å². The van der Waals surface area contributed by atoms with Crippen LogP contribution in [0.2, 0.25) is 0 Å². The third kappa shape index (κ3) is 5.95. The fourth-order valence-electron chi connectivity index (χ4n) is 5.46. The minimum Gasteiger partial charge on any atom is -0.389 e. The molecule has 2 unspecified atom stereocenters. The Morgan fingerprint density at radius 2 is 2.00 bits per heavy atom. The van der Waals surface area contributed by atoms with E-state index in [4.69, 9.17) is 0 Å². The Bertz CT molecular complexity index is 1290. The highest BCUT2D eigenvalue weighted by atomic mass is 32.1. The molecule has 9 heteroatoms. The second kappa shape index (κ2) is 11.7. The van der Waals surface area contributed by atoms with Crippen molar-refractivity contribution in [3.8, 4) is 0 Å². The molecule has 1 aromatic heterocycles. The highest BCUT2D eigenvalue weighted by Crippen LogP contribution is 2.34. The second-order valence-electron chi connectivity index (χ2n) is 10.2. The zero-order valence-corrected chi connectivity index (χ0v) is 22.2. The smallest absolute Gasteiger partial charge is 0.254 e. The van der Waals surface area contributed by atoms with Crippen molar-refractivity contribution in [1.29, 1.82) is 0 Å². The van der Waals surface area contributed by atoms with Gasteiger partial charge in [0.1, 0.15) is 10.8 Å². The number of likely N-dealkylation sites (tertiary alicyclic amines) is 1. The van der Waals surface area contributed by atoms with E-state index in [-0.39, 0.29) is 36.1 Å². The van der Waals surface area contributed by atoms with Crippen LogP contribution in [0.4, 0.5) is 4.39 Å². The van der Waals surface area contributed by atoms with Crippen LogP contribution in [-0.2, 0) is 6.42 Å². The van der Waals surface area contributed by atoms with Crippen LogP contribution in [0.1, 0.15) is 68.7 Å². The highest BCUT2D eigenvalue weighted by molar-refractivity contribution is 7.09. The predicted molar refractivity (Wildman–Crippen MR) is 145 cm³/mol. The maximum absolute atomic E-state index is 13.8. The summed E-state index contributed by atoms with van der Waals surface area (Å²) in [4.78, 5) is 33.3. The molecule has 0 radical (unpaired) electrons. The molecule has 2 fully saturated rings. The van der Waals surface area contributed by atoms with E-state index in [2.05, 4.69) is 15.6 Å². The molecule has 4 atom stereocenters. The Morgan fingerprint density at radius 3 is 2.74 bits per heavy atom. The van der Waals surface area contributed by atoms with Crippen molar-refractivity contribution >= 4 is 23.2 Å². The zero-order valence-electron chi connectivity index (χ0n) is 21.4. The summed E-state index contributed by atoms with van der Waals surface area (Å²) in [7, 11) is 0. The van der Waals surface area contributed by atoms with Crippen molar-refractivity contribution < 1.29 is 19.1 Å². The van der Waals surface area contributed by atoms with Crippen LogP contribution in [0.15, 0.2) is 53.9 Å². The van der Waals surface area contributed by atoms with Crippen LogP contribution in [0, 0.1) is 12.7 Å². The first-order chi connectivity index (χ1) is 18.4. The van der Waals surface area contributed by atoms with Gasteiger partial charge in [0, 0.05) is 34.8 Å². The van der Waals surface area contributed by atoms with Gasteiger partial charge in [-0.15, -0.1) is 11.3 Å². The van der Waals surface area contributed by atoms with Crippen LogP contribution >= 0.6 is 11.3 Å². The molecule has 2 amide bonds. The molecule has 2 saturated heterocycles. The summed E-state index contributed by atoms with van der Waals surface area (Å²) in [6.07, 6.45) is 2.96. The summed E-state index contributed by atoms with van der Waals surface area (Å²) in [5, 5.41) is 20.3. The fourth-order valence-corrected chi connectivity index (χ4v) is 6.40. The van der Waals surface area contributed by atoms with Crippen LogP contribution < -0.4 is 10.6 Å². The number of benzene rings is 2. The number of aryl methyl sites for hydroxylation is 1. The van der Waals surface area contributed by atoms with E-state index in [0.29, 0.717) is 23.2 Å². The van der Waals surface area contributed by atoms with Gasteiger partial charge in [0.25, 0.3) is 11.8 Å². The van der Waals surface area contributed by atoms with Crippen LogP contribution in [0.5, 0.6) is 0 Å². The molecule has 0 spiro atoms. The second-order valence-corrected chi connectivity index (χ2v) is 11.1. The van der Waals surface area contributed by atoms with Crippen molar-refractivity contribution in [2.24, 2.45) is 0 Å². The number of hydrogen-bond acceptors (Lipinski definition) is 6. The van der Waals surface area contributed by atoms with Crippen molar-refractivity contribution in [1.82, 2.24) is 20.5 Å². The molecule has 0 saturated carbocycles. The van der Waals surface area contributed by atoms with Gasteiger partial charge in [-0.25, -0.2) is 9.37 Å². The Hall–Kier alpha value is -3.14. The predicted octanol–water partition coefficient (Wildman–Crippen LogP) is 4.02. The van der Waals surface area contributed by atoms with E-state index >= 15 is 0 Å². The topological polar surface area (TPSA) is 94.6 Å². The number of halogens is 1. The van der Waals surface area contributed by atoms with Gasteiger partial charge in [0.2, 0.25) is 0 Å². The van der Waals surface area contributed by atoms with Gasteiger partial charge in [0.05, 0.1) is 18.2 Å². The quantitative estimate of drug-likeness (QED) is 0.404. The average molecular weight is 537 g/mol. The minimum atomic E-state index is -0.846. The van der Waals surface area contributed by atoms with Crippen LogP contribution in [-0.4, -0.2) is 58.1 Å². The third-order valence-electron chi connectivity index (χ3n) is 7.39. The lowest BCUT2D eigenvalue weighted by Crippen LogP contribution is -2.52. The lowest BCUT2D eigenvalue weighted by atomic mass is 9.95. The number of aromatic nitrogens is 1.